The van der Waals surface area contributed by atoms with E-state index in [-0.39, 0.29) is 0 Å². The molecular weight excluding hydrogens is 308 g/mol. The Kier molecular flexibility index (Phi) is 7.28. The van der Waals surface area contributed by atoms with E-state index in [9.17, 15) is 9.90 Å². The summed E-state index contributed by atoms with van der Waals surface area (Å²) in [7, 11) is 0. The van der Waals surface area contributed by atoms with Crippen LogP contribution in [0.25, 0.3) is 0 Å². The minimum absolute atomic E-state index is 0.374. The molecule has 0 unspecified atom stereocenters. The van der Waals surface area contributed by atoms with Crippen LogP contribution in [0.1, 0.15) is 88.1 Å². The molecule has 0 amide bonds. The molecule has 1 rings (SSSR count). The van der Waals surface area contributed by atoms with E-state index in [1.165, 1.54) is 40.7 Å². The molecule has 2 heteroatoms. The van der Waals surface area contributed by atoms with Crippen molar-refractivity contribution in [3.05, 3.63) is 33.9 Å². The molecule has 0 saturated carbocycles. The van der Waals surface area contributed by atoms with E-state index in [1.807, 2.05) is 13.8 Å². The average molecular weight is 347 g/mol. The molecule has 0 spiro atoms. The van der Waals surface area contributed by atoms with Gasteiger partial charge in [-0.05, 0) is 106 Å². The van der Waals surface area contributed by atoms with Crippen LogP contribution in [0.15, 0.2) is 6.07 Å². The van der Waals surface area contributed by atoms with Gasteiger partial charge in [0.1, 0.15) is 0 Å². The Morgan fingerprint density at radius 1 is 0.880 bits per heavy atom. The summed E-state index contributed by atoms with van der Waals surface area (Å²) in [6.07, 6.45) is 6.19. The van der Waals surface area contributed by atoms with Gasteiger partial charge in [-0.1, -0.05) is 26.8 Å². The number of carbonyl (C=O) groups is 1. The molecule has 0 atom stereocenters. The highest BCUT2D eigenvalue weighted by atomic mass is 16.4. The van der Waals surface area contributed by atoms with Crippen molar-refractivity contribution in [2.75, 3.05) is 0 Å². The van der Waals surface area contributed by atoms with Crippen LogP contribution >= 0.6 is 0 Å². The lowest BCUT2D eigenvalue weighted by molar-refractivity contribution is -0.147. The van der Waals surface area contributed by atoms with Crippen LogP contribution in [0.3, 0.4) is 0 Å². The molecule has 0 heterocycles. The molecule has 0 radical (unpaired) electrons. The van der Waals surface area contributed by atoms with E-state index in [0.29, 0.717) is 5.41 Å². The van der Waals surface area contributed by atoms with Crippen molar-refractivity contribution < 1.29 is 9.90 Å². The normalized spacial score (nSPS) is 12.5. The fourth-order valence-corrected chi connectivity index (χ4v) is 3.52. The van der Waals surface area contributed by atoms with Crippen molar-refractivity contribution >= 4 is 5.97 Å². The van der Waals surface area contributed by atoms with Crippen molar-refractivity contribution in [2.24, 2.45) is 10.8 Å². The van der Waals surface area contributed by atoms with Gasteiger partial charge in [-0.15, -0.1) is 0 Å². The maximum absolute atomic E-state index is 11.3. The van der Waals surface area contributed by atoms with Crippen LogP contribution < -0.4 is 0 Å². The third-order valence-corrected chi connectivity index (χ3v) is 5.48. The third-order valence-electron chi connectivity index (χ3n) is 5.48. The molecule has 1 aromatic carbocycles. The summed E-state index contributed by atoms with van der Waals surface area (Å²) in [6, 6.07) is 2.31. The van der Waals surface area contributed by atoms with Gasteiger partial charge in [0, 0.05) is 0 Å². The first-order valence-electron chi connectivity index (χ1n) is 9.67. The second-order valence-corrected chi connectivity index (χ2v) is 9.55. The molecule has 0 aliphatic heterocycles. The topological polar surface area (TPSA) is 37.3 Å². The van der Waals surface area contributed by atoms with E-state index in [4.69, 9.17) is 0 Å². The molecule has 0 saturated heterocycles. The first-order chi connectivity index (χ1) is 11.3. The van der Waals surface area contributed by atoms with Crippen molar-refractivity contribution in [3.8, 4) is 0 Å². The Balaban J connectivity index is 2.94. The summed E-state index contributed by atoms with van der Waals surface area (Å²) in [5, 5.41) is 9.33. The lowest BCUT2D eigenvalue weighted by Gasteiger charge is -2.23. The zero-order valence-electron chi connectivity index (χ0n) is 17.7. The van der Waals surface area contributed by atoms with Gasteiger partial charge >= 0.3 is 5.97 Å². The van der Waals surface area contributed by atoms with Gasteiger partial charge in [-0.2, -0.15) is 0 Å². The number of hydrogen-bond acceptors (Lipinski definition) is 1. The molecular formula is C23H38O2. The maximum Gasteiger partial charge on any atom is 0.309 e. The highest BCUT2D eigenvalue weighted by Gasteiger charge is 2.26. The predicted octanol–water partition coefficient (Wildman–Crippen LogP) is 6.41. The van der Waals surface area contributed by atoms with Crippen LogP contribution in [0.2, 0.25) is 0 Å². The van der Waals surface area contributed by atoms with E-state index in [0.717, 1.165) is 25.7 Å². The molecule has 1 N–H and O–H groups in total. The minimum atomic E-state index is -0.699. The molecule has 0 aromatic heterocycles. The zero-order chi connectivity index (χ0) is 19.4. The van der Waals surface area contributed by atoms with Crippen LogP contribution in [0.5, 0.6) is 0 Å². The average Bonchev–Trinajstić information content (AvgIpc) is 2.45. The Morgan fingerprint density at radius 2 is 1.40 bits per heavy atom. The number of rotatable bonds is 8. The second-order valence-electron chi connectivity index (χ2n) is 9.55. The van der Waals surface area contributed by atoms with Crippen molar-refractivity contribution in [3.63, 3.8) is 0 Å². The molecule has 0 fully saturated rings. The molecule has 25 heavy (non-hydrogen) atoms. The fraction of sp³-hybridized carbons (Fsp3) is 0.696. The zero-order valence-corrected chi connectivity index (χ0v) is 17.7. The van der Waals surface area contributed by atoms with Gasteiger partial charge in [0.15, 0.2) is 0 Å². The highest BCUT2D eigenvalue weighted by Crippen LogP contribution is 2.30. The maximum atomic E-state index is 11.3. The highest BCUT2D eigenvalue weighted by molar-refractivity contribution is 5.73. The summed E-state index contributed by atoms with van der Waals surface area (Å²) in [5.41, 5.74) is 6.84. The van der Waals surface area contributed by atoms with Gasteiger partial charge in [-0.3, -0.25) is 4.79 Å². The van der Waals surface area contributed by atoms with Crippen LogP contribution in [-0.4, -0.2) is 11.1 Å². The quantitative estimate of drug-likeness (QED) is 0.590. The first kappa shape index (κ1) is 21.7. The van der Waals surface area contributed by atoms with E-state index >= 15 is 0 Å². The van der Waals surface area contributed by atoms with Crippen molar-refractivity contribution in [1.82, 2.24) is 0 Å². The molecule has 0 aliphatic rings. The van der Waals surface area contributed by atoms with Gasteiger partial charge in [0.2, 0.25) is 0 Å². The van der Waals surface area contributed by atoms with Gasteiger partial charge in [-0.25, -0.2) is 0 Å². The summed E-state index contributed by atoms with van der Waals surface area (Å²) < 4.78 is 0. The van der Waals surface area contributed by atoms with Crippen LogP contribution in [0.4, 0.5) is 0 Å². The molecule has 0 aliphatic carbocycles. The predicted molar refractivity (Wildman–Crippen MR) is 107 cm³/mol. The number of aryl methyl sites for hydroxylation is 2. The van der Waals surface area contributed by atoms with Crippen LogP contribution in [0, 0.1) is 31.6 Å². The lowest BCUT2D eigenvalue weighted by Crippen LogP contribution is -2.23. The van der Waals surface area contributed by atoms with Gasteiger partial charge in [0.25, 0.3) is 0 Å². The number of carboxylic acid groups (broad SMARTS) is 1. The number of aliphatic carboxylic acids is 1. The smallest absolute Gasteiger partial charge is 0.309 e. The van der Waals surface area contributed by atoms with E-state index < -0.39 is 11.4 Å². The number of hydrogen-bond donors (Lipinski definition) is 1. The standard InChI is InChI=1S/C23H38O2/c1-16-15-17(2)19(11-9-13-22(4,5)6)20(18(16)3)12-10-14-23(7,8)21(24)25/h15H,9-14H2,1-8H3,(H,24,25). The molecule has 0 bridgehead atoms. The van der Waals surface area contributed by atoms with Gasteiger partial charge in [0.05, 0.1) is 5.41 Å². The third kappa shape index (κ3) is 6.49. The Morgan fingerprint density at radius 3 is 1.92 bits per heavy atom. The molecule has 2 nitrogen and oxygen atoms in total. The van der Waals surface area contributed by atoms with Gasteiger partial charge < -0.3 is 5.11 Å². The monoisotopic (exact) mass is 346 g/mol. The van der Waals surface area contributed by atoms with Crippen LogP contribution in [-0.2, 0) is 17.6 Å². The number of carboxylic acids is 1. The SMILES string of the molecule is Cc1cc(C)c(CCCC(C)(C)C)c(CCCC(C)(C)C(=O)O)c1C. The first-order valence-corrected chi connectivity index (χ1v) is 9.67. The Labute approximate surface area is 155 Å². The summed E-state index contributed by atoms with van der Waals surface area (Å²) in [6.45, 7) is 17.2. The van der Waals surface area contributed by atoms with E-state index in [1.54, 1.807) is 0 Å². The fourth-order valence-electron chi connectivity index (χ4n) is 3.52. The van der Waals surface area contributed by atoms with E-state index in [2.05, 4.69) is 47.6 Å². The largest absolute Gasteiger partial charge is 0.481 e. The number of benzene rings is 1. The summed E-state index contributed by atoms with van der Waals surface area (Å²) in [5.74, 6) is -0.699. The van der Waals surface area contributed by atoms with Crippen molar-refractivity contribution in [2.45, 2.75) is 93.9 Å². The Hall–Kier alpha value is -1.31. The second kappa shape index (κ2) is 8.38. The lowest BCUT2D eigenvalue weighted by atomic mass is 9.82. The summed E-state index contributed by atoms with van der Waals surface area (Å²) in [4.78, 5) is 11.3. The Bertz CT molecular complexity index is 603. The summed E-state index contributed by atoms with van der Waals surface area (Å²) >= 11 is 0. The minimum Gasteiger partial charge on any atom is -0.481 e. The molecule has 142 valence electrons. The molecule has 1 aromatic rings. The van der Waals surface area contributed by atoms with Crippen molar-refractivity contribution in [1.29, 1.82) is 0 Å².